The smallest absolute Gasteiger partial charge is 0.0487 e. The van der Waals surface area contributed by atoms with Gasteiger partial charge >= 0.3 is 0 Å². The van der Waals surface area contributed by atoms with Crippen LogP contribution in [0.1, 0.15) is 38.5 Å². The molecule has 0 spiro atoms. The van der Waals surface area contributed by atoms with Crippen molar-refractivity contribution in [3.05, 3.63) is 6.92 Å². The van der Waals surface area contributed by atoms with E-state index in [1.54, 1.807) is 0 Å². The first-order valence-electron chi connectivity index (χ1n) is 6.10. The van der Waals surface area contributed by atoms with Gasteiger partial charge in [-0.2, -0.15) is 0 Å². The third-order valence-electron chi connectivity index (χ3n) is 5.09. The van der Waals surface area contributed by atoms with Crippen molar-refractivity contribution < 1.29 is 10.2 Å². The summed E-state index contributed by atoms with van der Waals surface area (Å²) in [5.41, 5.74) is 0.360. The quantitative estimate of drug-likeness (QED) is 0.727. The highest BCUT2D eigenvalue weighted by Crippen LogP contribution is 2.69. The van der Waals surface area contributed by atoms with Gasteiger partial charge in [-0.1, -0.05) is 0 Å². The first kappa shape index (κ1) is 10.1. The molecule has 0 aromatic carbocycles. The maximum absolute atomic E-state index is 9.65. The lowest BCUT2D eigenvalue weighted by Crippen LogP contribution is -2.58. The first-order valence-corrected chi connectivity index (χ1v) is 6.10. The summed E-state index contributed by atoms with van der Waals surface area (Å²) in [5.74, 6) is 0.707. The largest absolute Gasteiger partial charge is 0.396 e. The molecular formula is C13H21O2. The molecule has 0 aromatic heterocycles. The van der Waals surface area contributed by atoms with Crippen molar-refractivity contribution in [3.8, 4) is 0 Å². The minimum atomic E-state index is 0.101. The SMILES string of the molecule is [CH2]C12CC3CC(CO)(C1)CC(CO)(C3)C2. The molecule has 2 unspecified atom stereocenters. The second kappa shape index (κ2) is 2.78. The molecule has 2 N–H and O–H groups in total. The van der Waals surface area contributed by atoms with Gasteiger partial charge < -0.3 is 10.2 Å². The summed E-state index contributed by atoms with van der Waals surface area (Å²) in [6.07, 6.45) is 6.74. The molecule has 85 valence electrons. The molecule has 1 radical (unpaired) electrons. The predicted molar refractivity (Wildman–Crippen MR) is 58.0 cm³/mol. The van der Waals surface area contributed by atoms with Crippen LogP contribution in [0.3, 0.4) is 0 Å². The molecule has 4 fully saturated rings. The normalized spacial score (nSPS) is 57.4. The Morgan fingerprint density at radius 1 is 0.933 bits per heavy atom. The van der Waals surface area contributed by atoms with Crippen molar-refractivity contribution >= 4 is 0 Å². The Morgan fingerprint density at radius 3 is 1.87 bits per heavy atom. The van der Waals surface area contributed by atoms with Crippen LogP contribution in [0.4, 0.5) is 0 Å². The van der Waals surface area contributed by atoms with Gasteiger partial charge in [0.05, 0.1) is 0 Å². The lowest BCUT2D eigenvalue weighted by Gasteiger charge is -2.65. The van der Waals surface area contributed by atoms with Crippen molar-refractivity contribution in [1.29, 1.82) is 0 Å². The van der Waals surface area contributed by atoms with E-state index >= 15 is 0 Å². The lowest BCUT2D eigenvalue weighted by atomic mass is 9.40. The third-order valence-corrected chi connectivity index (χ3v) is 5.09. The standard InChI is InChI=1S/C13H21O2/c1-11-2-10-3-12(5-11,8-14)7-13(4-10,6-11)9-15/h10,14-15H,1-9H2. The Kier molecular flexibility index (Phi) is 1.87. The summed E-state index contributed by atoms with van der Waals surface area (Å²) < 4.78 is 0. The zero-order chi connectivity index (χ0) is 10.7. The van der Waals surface area contributed by atoms with E-state index in [0.29, 0.717) is 19.1 Å². The minimum Gasteiger partial charge on any atom is -0.396 e. The monoisotopic (exact) mass is 209 g/mol. The van der Waals surface area contributed by atoms with Crippen LogP contribution in [-0.4, -0.2) is 23.4 Å². The fraction of sp³-hybridized carbons (Fsp3) is 0.923. The molecule has 2 atom stereocenters. The van der Waals surface area contributed by atoms with Crippen LogP contribution < -0.4 is 0 Å². The Bertz CT molecular complexity index is 266. The van der Waals surface area contributed by atoms with Gasteiger partial charge in [-0.3, -0.25) is 0 Å². The molecule has 2 heteroatoms. The third kappa shape index (κ3) is 1.31. The van der Waals surface area contributed by atoms with Gasteiger partial charge in [0, 0.05) is 13.2 Å². The van der Waals surface area contributed by atoms with Crippen molar-refractivity contribution in [3.63, 3.8) is 0 Å². The topological polar surface area (TPSA) is 40.5 Å². The van der Waals surface area contributed by atoms with E-state index in [1.165, 1.54) is 19.3 Å². The second-order valence-electron chi connectivity index (χ2n) is 6.82. The van der Waals surface area contributed by atoms with E-state index in [-0.39, 0.29) is 16.2 Å². The van der Waals surface area contributed by atoms with E-state index in [4.69, 9.17) is 0 Å². The van der Waals surface area contributed by atoms with Crippen molar-refractivity contribution in [2.24, 2.45) is 22.2 Å². The van der Waals surface area contributed by atoms with Gasteiger partial charge in [-0.15, -0.1) is 0 Å². The Balaban J connectivity index is 2.00. The summed E-state index contributed by atoms with van der Waals surface area (Å²) in [5, 5.41) is 19.3. The average Bonchev–Trinajstić information content (AvgIpc) is 2.14. The van der Waals surface area contributed by atoms with Gasteiger partial charge in [0.15, 0.2) is 0 Å². The highest BCUT2D eigenvalue weighted by Gasteiger charge is 2.61. The zero-order valence-electron chi connectivity index (χ0n) is 9.34. The predicted octanol–water partition coefficient (Wildman–Crippen LogP) is 1.76. The van der Waals surface area contributed by atoms with E-state index in [2.05, 4.69) is 6.92 Å². The Labute approximate surface area is 91.7 Å². The van der Waals surface area contributed by atoms with Crippen LogP contribution >= 0.6 is 0 Å². The number of hydrogen-bond acceptors (Lipinski definition) is 2. The molecule has 15 heavy (non-hydrogen) atoms. The van der Waals surface area contributed by atoms with Gasteiger partial charge in [-0.05, 0) is 67.6 Å². The second-order valence-corrected chi connectivity index (χ2v) is 6.82. The van der Waals surface area contributed by atoms with Crippen LogP contribution in [0.5, 0.6) is 0 Å². The van der Waals surface area contributed by atoms with Gasteiger partial charge in [-0.25, -0.2) is 0 Å². The summed E-state index contributed by atoms with van der Waals surface area (Å²) in [6, 6.07) is 0. The van der Waals surface area contributed by atoms with Gasteiger partial charge in [0.2, 0.25) is 0 Å². The highest BCUT2D eigenvalue weighted by atomic mass is 16.3. The fourth-order valence-electron chi connectivity index (χ4n) is 5.41. The first-order chi connectivity index (χ1) is 7.03. The fourth-order valence-corrected chi connectivity index (χ4v) is 5.41. The molecule has 0 aromatic rings. The van der Waals surface area contributed by atoms with Crippen molar-refractivity contribution in [2.75, 3.05) is 13.2 Å². The summed E-state index contributed by atoms with van der Waals surface area (Å²) in [6.45, 7) is 4.98. The lowest BCUT2D eigenvalue weighted by molar-refractivity contribution is -0.170. The molecule has 0 heterocycles. The van der Waals surface area contributed by atoms with Crippen LogP contribution in [-0.2, 0) is 0 Å². The number of rotatable bonds is 2. The molecular weight excluding hydrogens is 188 g/mol. The van der Waals surface area contributed by atoms with Crippen LogP contribution in [0.2, 0.25) is 0 Å². The number of aliphatic hydroxyl groups excluding tert-OH is 2. The molecule has 4 saturated carbocycles. The summed E-state index contributed by atoms with van der Waals surface area (Å²) in [4.78, 5) is 0. The number of aliphatic hydroxyl groups is 2. The Morgan fingerprint density at radius 2 is 1.47 bits per heavy atom. The van der Waals surface area contributed by atoms with Gasteiger partial charge in [0.25, 0.3) is 0 Å². The van der Waals surface area contributed by atoms with E-state index in [1.807, 2.05) is 0 Å². The number of hydrogen-bond donors (Lipinski definition) is 2. The molecule has 2 nitrogen and oxygen atoms in total. The molecule has 4 aliphatic carbocycles. The maximum atomic E-state index is 9.65. The van der Waals surface area contributed by atoms with E-state index < -0.39 is 0 Å². The summed E-state index contributed by atoms with van der Waals surface area (Å²) >= 11 is 0. The highest BCUT2D eigenvalue weighted by molar-refractivity contribution is 5.13. The van der Waals surface area contributed by atoms with Gasteiger partial charge in [0.1, 0.15) is 0 Å². The maximum Gasteiger partial charge on any atom is 0.0487 e. The molecule has 0 saturated heterocycles. The van der Waals surface area contributed by atoms with Crippen molar-refractivity contribution in [1.82, 2.24) is 0 Å². The average molecular weight is 209 g/mol. The molecule has 4 aliphatic rings. The molecule has 4 bridgehead atoms. The van der Waals surface area contributed by atoms with Crippen molar-refractivity contribution in [2.45, 2.75) is 38.5 Å². The molecule has 0 amide bonds. The van der Waals surface area contributed by atoms with Crippen LogP contribution in [0.15, 0.2) is 0 Å². The molecule has 4 rings (SSSR count). The molecule has 0 aliphatic heterocycles. The van der Waals surface area contributed by atoms with Crippen LogP contribution in [0, 0.1) is 29.1 Å². The minimum absolute atomic E-state index is 0.101. The summed E-state index contributed by atoms with van der Waals surface area (Å²) in [7, 11) is 0. The Hall–Kier alpha value is -0.0800. The van der Waals surface area contributed by atoms with E-state index in [0.717, 1.165) is 19.3 Å². The van der Waals surface area contributed by atoms with Crippen LogP contribution in [0.25, 0.3) is 0 Å². The van der Waals surface area contributed by atoms with E-state index in [9.17, 15) is 10.2 Å². The zero-order valence-corrected chi connectivity index (χ0v) is 9.34.